The van der Waals surface area contributed by atoms with Crippen LogP contribution in [0, 0.1) is 0 Å². The summed E-state index contributed by atoms with van der Waals surface area (Å²) in [6.07, 6.45) is 12.3. The molecule has 0 spiro atoms. The molecule has 0 aliphatic heterocycles. The van der Waals surface area contributed by atoms with E-state index in [0.717, 1.165) is 38.5 Å². The van der Waals surface area contributed by atoms with Gasteiger partial charge in [-0.1, -0.05) is 65.2 Å². The summed E-state index contributed by atoms with van der Waals surface area (Å²) < 4.78 is 10.5. The summed E-state index contributed by atoms with van der Waals surface area (Å²) in [6.45, 7) is 8.60. The average molecular weight is 369 g/mol. The number of unbranched alkanes of at least 4 members (excludes halogenated alkanes) is 8. The van der Waals surface area contributed by atoms with Crippen LogP contribution in [0.15, 0.2) is 11.1 Å². The molecule has 0 radical (unpaired) electrons. The van der Waals surface area contributed by atoms with Gasteiger partial charge in [-0.25, -0.2) is 9.59 Å². The van der Waals surface area contributed by atoms with Crippen LogP contribution < -0.4 is 0 Å². The molecule has 0 aromatic carbocycles. The number of carbonyl (C=O) groups excluding carboxylic acids is 2. The zero-order chi connectivity index (χ0) is 19.6. The number of ether oxygens (including phenoxy) is 2. The summed E-state index contributed by atoms with van der Waals surface area (Å²) in [4.78, 5) is 24.9. The second-order valence-electron chi connectivity index (χ2n) is 6.73. The third kappa shape index (κ3) is 11.3. The van der Waals surface area contributed by atoms with E-state index in [2.05, 4.69) is 13.8 Å². The van der Waals surface area contributed by atoms with Crippen molar-refractivity contribution in [1.82, 2.24) is 0 Å². The molecule has 0 amide bonds. The van der Waals surface area contributed by atoms with Gasteiger partial charge in [0.1, 0.15) is 0 Å². The lowest BCUT2D eigenvalue weighted by atomic mass is 9.96. The molecule has 152 valence electrons. The molecule has 0 atom stereocenters. The van der Waals surface area contributed by atoms with Gasteiger partial charge < -0.3 is 9.47 Å². The maximum absolute atomic E-state index is 12.5. The first-order valence-electron chi connectivity index (χ1n) is 10.7. The van der Waals surface area contributed by atoms with Crippen LogP contribution in [0.1, 0.15) is 105 Å². The summed E-state index contributed by atoms with van der Waals surface area (Å²) >= 11 is 0. The Morgan fingerprint density at radius 2 is 0.885 bits per heavy atom. The molecule has 0 unspecified atom stereocenters. The second-order valence-corrected chi connectivity index (χ2v) is 6.73. The molecule has 4 nitrogen and oxygen atoms in total. The topological polar surface area (TPSA) is 52.6 Å². The summed E-state index contributed by atoms with van der Waals surface area (Å²) in [6, 6.07) is 0. The van der Waals surface area contributed by atoms with Crippen molar-refractivity contribution >= 4 is 11.9 Å². The van der Waals surface area contributed by atoms with Crippen molar-refractivity contribution < 1.29 is 19.1 Å². The normalized spacial score (nSPS) is 11.8. The van der Waals surface area contributed by atoms with Crippen molar-refractivity contribution in [3.05, 3.63) is 11.1 Å². The maximum Gasteiger partial charge on any atom is 0.334 e. The van der Waals surface area contributed by atoms with Gasteiger partial charge in [-0.2, -0.15) is 0 Å². The van der Waals surface area contributed by atoms with Gasteiger partial charge in [0, 0.05) is 11.1 Å². The first kappa shape index (κ1) is 24.7. The highest BCUT2D eigenvalue weighted by Gasteiger charge is 2.22. The smallest absolute Gasteiger partial charge is 0.334 e. The molecule has 0 N–H and O–H groups in total. The van der Waals surface area contributed by atoms with E-state index in [1.807, 2.05) is 0 Å². The van der Waals surface area contributed by atoms with Crippen molar-refractivity contribution in [2.45, 2.75) is 105 Å². The number of rotatable bonds is 16. The monoisotopic (exact) mass is 368 g/mol. The number of esters is 2. The van der Waals surface area contributed by atoms with Crippen molar-refractivity contribution in [2.75, 3.05) is 13.2 Å². The SMILES string of the molecule is CCCCCCCC/C(C(=O)OCC)=C(\CCCCCC)C(=O)OCC. The summed E-state index contributed by atoms with van der Waals surface area (Å²) in [7, 11) is 0. The molecular weight excluding hydrogens is 328 g/mol. The van der Waals surface area contributed by atoms with E-state index in [9.17, 15) is 9.59 Å². The van der Waals surface area contributed by atoms with Gasteiger partial charge in [-0.05, 0) is 39.5 Å². The molecule has 0 aliphatic carbocycles. The van der Waals surface area contributed by atoms with Gasteiger partial charge in [0.15, 0.2) is 0 Å². The van der Waals surface area contributed by atoms with Gasteiger partial charge in [0.05, 0.1) is 13.2 Å². The van der Waals surface area contributed by atoms with Gasteiger partial charge in [-0.15, -0.1) is 0 Å². The molecule has 26 heavy (non-hydrogen) atoms. The lowest BCUT2D eigenvalue weighted by molar-refractivity contribution is -0.142. The lowest BCUT2D eigenvalue weighted by Gasteiger charge is -2.14. The van der Waals surface area contributed by atoms with Crippen LogP contribution in [0.25, 0.3) is 0 Å². The van der Waals surface area contributed by atoms with E-state index in [1.54, 1.807) is 13.8 Å². The minimum absolute atomic E-state index is 0.324. The molecule has 4 heteroatoms. The molecule has 0 saturated heterocycles. The molecule has 0 aliphatic rings. The zero-order valence-corrected chi connectivity index (χ0v) is 17.5. The predicted molar refractivity (Wildman–Crippen MR) is 107 cm³/mol. The molecule has 0 bridgehead atoms. The molecular formula is C22H40O4. The minimum atomic E-state index is -0.349. The predicted octanol–water partition coefficient (Wildman–Crippen LogP) is 6.13. The van der Waals surface area contributed by atoms with Crippen LogP contribution in [0.4, 0.5) is 0 Å². The third-order valence-electron chi connectivity index (χ3n) is 4.47. The van der Waals surface area contributed by atoms with E-state index >= 15 is 0 Å². The van der Waals surface area contributed by atoms with Crippen LogP contribution in [-0.4, -0.2) is 25.2 Å². The van der Waals surface area contributed by atoms with Crippen molar-refractivity contribution in [3.63, 3.8) is 0 Å². The van der Waals surface area contributed by atoms with E-state index in [1.165, 1.54) is 25.7 Å². The lowest BCUT2D eigenvalue weighted by Crippen LogP contribution is -2.17. The highest BCUT2D eigenvalue weighted by molar-refractivity contribution is 6.00. The Kier molecular flexibility index (Phi) is 16.2. The Bertz CT molecular complexity index is 412. The Balaban J connectivity index is 5.08. The fraction of sp³-hybridized carbons (Fsp3) is 0.818. The van der Waals surface area contributed by atoms with Crippen LogP contribution in [0.2, 0.25) is 0 Å². The van der Waals surface area contributed by atoms with Crippen molar-refractivity contribution in [3.8, 4) is 0 Å². The molecule has 0 heterocycles. The van der Waals surface area contributed by atoms with Crippen molar-refractivity contribution in [2.24, 2.45) is 0 Å². The maximum atomic E-state index is 12.5. The molecule has 0 saturated carbocycles. The largest absolute Gasteiger partial charge is 0.463 e. The number of hydrogen-bond acceptors (Lipinski definition) is 4. The Labute approximate surface area is 160 Å². The average Bonchev–Trinajstić information content (AvgIpc) is 2.62. The first-order valence-corrected chi connectivity index (χ1v) is 10.7. The molecule has 0 rings (SSSR count). The fourth-order valence-corrected chi connectivity index (χ4v) is 3.00. The highest BCUT2D eigenvalue weighted by Crippen LogP contribution is 2.22. The standard InChI is InChI=1S/C22H40O4/c1-5-9-11-13-14-16-18-20(22(24)26-8-4)19(21(23)25-7-3)17-15-12-10-6-2/h5-18H2,1-4H3/b20-19-. The second kappa shape index (κ2) is 17.1. The van der Waals surface area contributed by atoms with Crippen molar-refractivity contribution in [1.29, 1.82) is 0 Å². The van der Waals surface area contributed by atoms with E-state index in [-0.39, 0.29) is 11.9 Å². The first-order chi connectivity index (χ1) is 12.6. The third-order valence-corrected chi connectivity index (χ3v) is 4.47. The zero-order valence-electron chi connectivity index (χ0n) is 17.5. The quantitative estimate of drug-likeness (QED) is 0.187. The molecule has 0 aromatic rings. The van der Waals surface area contributed by atoms with Crippen LogP contribution in [0.5, 0.6) is 0 Å². The summed E-state index contributed by atoms with van der Waals surface area (Å²) in [5.41, 5.74) is 1.08. The van der Waals surface area contributed by atoms with Crippen LogP contribution in [-0.2, 0) is 19.1 Å². The number of carbonyl (C=O) groups is 2. The Morgan fingerprint density at radius 1 is 0.538 bits per heavy atom. The fourth-order valence-electron chi connectivity index (χ4n) is 3.00. The molecule has 0 fully saturated rings. The Morgan fingerprint density at radius 3 is 1.27 bits per heavy atom. The van der Waals surface area contributed by atoms with Gasteiger partial charge in [-0.3, -0.25) is 0 Å². The summed E-state index contributed by atoms with van der Waals surface area (Å²) in [5.74, 6) is -0.697. The van der Waals surface area contributed by atoms with E-state index in [4.69, 9.17) is 9.47 Å². The van der Waals surface area contributed by atoms with E-state index in [0.29, 0.717) is 37.2 Å². The van der Waals surface area contributed by atoms with Gasteiger partial charge >= 0.3 is 11.9 Å². The highest BCUT2D eigenvalue weighted by atomic mass is 16.5. The molecule has 0 aromatic heterocycles. The van der Waals surface area contributed by atoms with E-state index < -0.39 is 0 Å². The minimum Gasteiger partial charge on any atom is -0.463 e. The van der Waals surface area contributed by atoms with Gasteiger partial charge in [0.25, 0.3) is 0 Å². The summed E-state index contributed by atoms with van der Waals surface area (Å²) in [5, 5.41) is 0. The Hall–Kier alpha value is -1.32. The van der Waals surface area contributed by atoms with Gasteiger partial charge in [0.2, 0.25) is 0 Å². The van der Waals surface area contributed by atoms with Crippen LogP contribution >= 0.6 is 0 Å². The van der Waals surface area contributed by atoms with Crippen LogP contribution in [0.3, 0.4) is 0 Å². The number of hydrogen-bond donors (Lipinski definition) is 0.